The maximum absolute atomic E-state index is 12.1. The Morgan fingerprint density at radius 1 is 0.565 bits per heavy atom. The lowest BCUT2D eigenvalue weighted by molar-refractivity contribution is -0.161. The van der Waals surface area contributed by atoms with E-state index in [1.807, 2.05) is 18.2 Å². The number of aliphatic hydroxyl groups excluding tert-OH is 1. The van der Waals surface area contributed by atoms with Crippen LogP contribution in [0.15, 0.2) is 48.6 Å². The van der Waals surface area contributed by atoms with Crippen molar-refractivity contribution in [2.75, 3.05) is 13.2 Å². The molecule has 0 amide bonds. The van der Waals surface area contributed by atoms with Crippen LogP contribution in [0.25, 0.3) is 0 Å². The monoisotopic (exact) mass is 645 g/mol. The maximum Gasteiger partial charge on any atom is 0.306 e. The molecule has 0 aromatic heterocycles. The molecule has 0 radical (unpaired) electrons. The number of carbonyl (C=O) groups excluding carboxylic acids is 3. The number of ether oxygens (including phenoxy) is 2. The Morgan fingerprint density at radius 2 is 1.07 bits per heavy atom. The van der Waals surface area contributed by atoms with Crippen molar-refractivity contribution >= 4 is 17.7 Å². The number of carbonyl (C=O) groups is 3. The third-order valence-corrected chi connectivity index (χ3v) is 7.85. The highest BCUT2D eigenvalue weighted by molar-refractivity contribution is 5.89. The van der Waals surface area contributed by atoms with Crippen LogP contribution in [0.3, 0.4) is 0 Å². The van der Waals surface area contributed by atoms with E-state index in [-0.39, 0.29) is 37.4 Å². The SMILES string of the molecule is CCCCCCCCCCCCCCCCC(=O)O[C@@H](CO)COC(=O)CCC/C=C\C/C=C\C/C=C\C=C\C(=O)CCCCC. The Morgan fingerprint density at radius 3 is 1.67 bits per heavy atom. The maximum atomic E-state index is 12.1. The summed E-state index contributed by atoms with van der Waals surface area (Å²) >= 11 is 0. The van der Waals surface area contributed by atoms with Crippen LogP contribution >= 0.6 is 0 Å². The van der Waals surface area contributed by atoms with Gasteiger partial charge in [-0.3, -0.25) is 14.4 Å². The van der Waals surface area contributed by atoms with Gasteiger partial charge in [-0.05, 0) is 44.6 Å². The number of unbranched alkanes of at least 4 members (excludes halogenated alkanes) is 16. The van der Waals surface area contributed by atoms with Crippen LogP contribution < -0.4 is 0 Å². The van der Waals surface area contributed by atoms with E-state index in [9.17, 15) is 19.5 Å². The van der Waals surface area contributed by atoms with Crippen molar-refractivity contribution in [3.05, 3.63) is 48.6 Å². The molecule has 0 heterocycles. The zero-order valence-electron chi connectivity index (χ0n) is 29.6. The Hall–Kier alpha value is -2.47. The van der Waals surface area contributed by atoms with Gasteiger partial charge in [0.05, 0.1) is 6.61 Å². The van der Waals surface area contributed by atoms with Crippen molar-refractivity contribution in [1.82, 2.24) is 0 Å². The second-order valence-electron chi connectivity index (χ2n) is 12.3. The van der Waals surface area contributed by atoms with Crippen molar-refractivity contribution in [2.45, 2.75) is 174 Å². The van der Waals surface area contributed by atoms with Gasteiger partial charge in [0.15, 0.2) is 11.9 Å². The van der Waals surface area contributed by atoms with Gasteiger partial charge in [-0.1, -0.05) is 153 Å². The first kappa shape index (κ1) is 43.5. The fourth-order valence-electron chi connectivity index (χ4n) is 4.97. The average Bonchev–Trinajstić information content (AvgIpc) is 3.05. The third kappa shape index (κ3) is 32.9. The summed E-state index contributed by atoms with van der Waals surface area (Å²) in [6.45, 7) is 3.92. The van der Waals surface area contributed by atoms with Crippen LogP contribution in [0, 0.1) is 0 Å². The summed E-state index contributed by atoms with van der Waals surface area (Å²) in [6.07, 6.45) is 40.1. The molecule has 0 aliphatic rings. The summed E-state index contributed by atoms with van der Waals surface area (Å²) in [5.41, 5.74) is 0. The minimum atomic E-state index is -0.807. The smallest absolute Gasteiger partial charge is 0.306 e. The molecule has 6 heteroatoms. The Bertz CT molecular complexity index is 841. The minimum Gasteiger partial charge on any atom is -0.462 e. The minimum absolute atomic E-state index is 0.111. The predicted molar refractivity (Wildman–Crippen MR) is 192 cm³/mol. The van der Waals surface area contributed by atoms with E-state index < -0.39 is 6.10 Å². The first-order chi connectivity index (χ1) is 22.5. The van der Waals surface area contributed by atoms with Crippen LogP contribution in [0.2, 0.25) is 0 Å². The van der Waals surface area contributed by atoms with Crippen LogP contribution in [0.1, 0.15) is 168 Å². The summed E-state index contributed by atoms with van der Waals surface area (Å²) < 4.78 is 10.5. The van der Waals surface area contributed by atoms with Gasteiger partial charge in [-0.25, -0.2) is 0 Å². The molecule has 0 bridgehead atoms. The fraction of sp³-hybridized carbons (Fsp3) is 0.725. The fourth-order valence-corrected chi connectivity index (χ4v) is 4.97. The molecule has 0 aliphatic carbocycles. The number of esters is 2. The number of hydrogen-bond donors (Lipinski definition) is 1. The number of aliphatic hydroxyl groups is 1. The molecule has 0 aromatic carbocycles. The molecular formula is C40H68O6. The first-order valence-electron chi connectivity index (χ1n) is 18.6. The molecule has 0 saturated heterocycles. The van der Waals surface area contributed by atoms with Crippen molar-refractivity contribution in [2.24, 2.45) is 0 Å². The lowest BCUT2D eigenvalue weighted by Crippen LogP contribution is -2.28. The third-order valence-electron chi connectivity index (χ3n) is 7.85. The largest absolute Gasteiger partial charge is 0.462 e. The van der Waals surface area contributed by atoms with E-state index in [0.29, 0.717) is 19.3 Å². The topological polar surface area (TPSA) is 89.9 Å². The van der Waals surface area contributed by atoms with Gasteiger partial charge in [-0.15, -0.1) is 0 Å². The van der Waals surface area contributed by atoms with E-state index >= 15 is 0 Å². The molecule has 0 fully saturated rings. The van der Waals surface area contributed by atoms with Crippen molar-refractivity contribution < 1.29 is 29.0 Å². The lowest BCUT2D eigenvalue weighted by atomic mass is 10.0. The van der Waals surface area contributed by atoms with Gasteiger partial charge in [0.25, 0.3) is 0 Å². The number of hydrogen-bond acceptors (Lipinski definition) is 6. The summed E-state index contributed by atoms with van der Waals surface area (Å²) in [5, 5.41) is 9.52. The van der Waals surface area contributed by atoms with E-state index in [4.69, 9.17) is 9.47 Å². The molecule has 46 heavy (non-hydrogen) atoms. The molecule has 1 N–H and O–H groups in total. The quantitative estimate of drug-likeness (QED) is 0.0251. The highest BCUT2D eigenvalue weighted by atomic mass is 16.6. The van der Waals surface area contributed by atoms with Crippen LogP contribution in [0.5, 0.6) is 0 Å². The predicted octanol–water partition coefficient (Wildman–Crippen LogP) is 10.6. The molecular weight excluding hydrogens is 576 g/mol. The number of allylic oxidation sites excluding steroid dienone is 8. The zero-order chi connectivity index (χ0) is 33.8. The van der Waals surface area contributed by atoms with E-state index in [2.05, 4.69) is 38.2 Å². The van der Waals surface area contributed by atoms with Gasteiger partial charge in [0, 0.05) is 19.3 Å². The molecule has 0 unspecified atom stereocenters. The highest BCUT2D eigenvalue weighted by Gasteiger charge is 2.16. The summed E-state index contributed by atoms with van der Waals surface area (Å²) in [6, 6.07) is 0. The molecule has 0 rings (SSSR count). The molecule has 6 nitrogen and oxygen atoms in total. The standard InChI is InChI=1S/C40H68O6/c1-3-5-7-8-9-10-11-12-13-16-20-23-26-30-34-40(44)46-38(35-41)36-45-39(43)33-29-25-22-19-17-14-15-18-21-24-28-32-37(42)31-27-6-4-2/h14-15,19,21-22,24,28,32,38,41H,3-13,16-18,20,23,25-27,29-31,33-36H2,1-2H3/b15-14-,22-19-,24-21-,32-28+/t38-/m0/s1. The summed E-state index contributed by atoms with van der Waals surface area (Å²) in [7, 11) is 0. The van der Waals surface area contributed by atoms with E-state index in [0.717, 1.165) is 57.8 Å². The van der Waals surface area contributed by atoms with Gasteiger partial charge < -0.3 is 14.6 Å². The van der Waals surface area contributed by atoms with Crippen molar-refractivity contribution in [1.29, 1.82) is 0 Å². The zero-order valence-corrected chi connectivity index (χ0v) is 29.6. The molecule has 0 aromatic rings. The van der Waals surface area contributed by atoms with Gasteiger partial charge >= 0.3 is 11.9 Å². The second-order valence-corrected chi connectivity index (χ2v) is 12.3. The molecule has 264 valence electrons. The molecule has 1 atom stereocenters. The van der Waals surface area contributed by atoms with Gasteiger partial charge in [0.1, 0.15) is 6.61 Å². The number of rotatable bonds is 33. The Kier molecular flexibility index (Phi) is 33.5. The van der Waals surface area contributed by atoms with E-state index in [1.165, 1.54) is 70.6 Å². The number of ketones is 1. The second kappa shape index (κ2) is 35.4. The molecule has 0 saturated carbocycles. The Balaban J connectivity index is 3.72. The van der Waals surface area contributed by atoms with Gasteiger partial charge in [-0.2, -0.15) is 0 Å². The summed E-state index contributed by atoms with van der Waals surface area (Å²) in [4.78, 5) is 35.8. The van der Waals surface area contributed by atoms with Crippen LogP contribution in [-0.2, 0) is 23.9 Å². The summed E-state index contributed by atoms with van der Waals surface area (Å²) in [5.74, 6) is -0.503. The Labute approximate surface area is 282 Å². The van der Waals surface area contributed by atoms with E-state index in [1.54, 1.807) is 6.08 Å². The van der Waals surface area contributed by atoms with Gasteiger partial charge in [0.2, 0.25) is 0 Å². The van der Waals surface area contributed by atoms with Crippen molar-refractivity contribution in [3.63, 3.8) is 0 Å². The van der Waals surface area contributed by atoms with Crippen LogP contribution in [-0.4, -0.2) is 42.1 Å². The lowest BCUT2D eigenvalue weighted by Gasteiger charge is -2.15. The molecule has 0 aliphatic heterocycles. The van der Waals surface area contributed by atoms with Crippen molar-refractivity contribution in [3.8, 4) is 0 Å². The average molecular weight is 645 g/mol. The first-order valence-corrected chi connectivity index (χ1v) is 18.6. The molecule has 0 spiro atoms. The highest BCUT2D eigenvalue weighted by Crippen LogP contribution is 2.14. The van der Waals surface area contributed by atoms with Crippen LogP contribution in [0.4, 0.5) is 0 Å². The normalized spacial score (nSPS) is 12.6.